The van der Waals surface area contributed by atoms with Gasteiger partial charge in [-0.3, -0.25) is 4.90 Å². The van der Waals surface area contributed by atoms with Crippen molar-refractivity contribution in [2.75, 3.05) is 26.7 Å². The van der Waals surface area contributed by atoms with Gasteiger partial charge in [0.1, 0.15) is 0 Å². The van der Waals surface area contributed by atoms with Crippen molar-refractivity contribution >= 4 is 0 Å². The first-order valence-electron chi connectivity index (χ1n) is 7.65. The Bertz CT molecular complexity index is 394. The molecule has 1 unspecified atom stereocenters. The molecule has 0 spiro atoms. The molecule has 1 aromatic carbocycles. The second-order valence-corrected chi connectivity index (χ2v) is 5.98. The van der Waals surface area contributed by atoms with E-state index in [1.807, 2.05) is 0 Å². The van der Waals surface area contributed by atoms with Gasteiger partial charge in [-0.2, -0.15) is 0 Å². The number of hydrogen-bond donors (Lipinski definition) is 1. The normalized spacial score (nSPS) is 12.7. The summed E-state index contributed by atoms with van der Waals surface area (Å²) in [6.45, 7) is 14.6. The summed E-state index contributed by atoms with van der Waals surface area (Å²) in [4.78, 5) is 2.30. The predicted octanol–water partition coefficient (Wildman–Crippen LogP) is 3.80. The van der Waals surface area contributed by atoms with Gasteiger partial charge in [0.15, 0.2) is 0 Å². The Morgan fingerprint density at radius 3 is 2.50 bits per heavy atom. The lowest BCUT2D eigenvalue weighted by Gasteiger charge is -2.18. The van der Waals surface area contributed by atoms with Crippen LogP contribution in [0.1, 0.15) is 44.2 Å². The molecule has 0 aliphatic rings. The summed E-state index contributed by atoms with van der Waals surface area (Å²) in [6.07, 6.45) is 1.20. The van der Waals surface area contributed by atoms with Gasteiger partial charge in [0, 0.05) is 19.6 Å². The van der Waals surface area contributed by atoms with Crippen LogP contribution in [0.2, 0.25) is 0 Å². The van der Waals surface area contributed by atoms with Crippen molar-refractivity contribution in [2.45, 2.75) is 39.7 Å². The van der Waals surface area contributed by atoms with Crippen LogP contribution in [0.15, 0.2) is 36.4 Å². The molecule has 1 N–H and O–H groups in total. The van der Waals surface area contributed by atoms with Crippen LogP contribution in [0.4, 0.5) is 0 Å². The standard InChI is InChI=1S/C18H30N2/c1-6-11-19-12-16(4)18-9-7-17(8-10-18)14-20(5)13-15(2)3/h7-10,16,19H,2,6,11-14H2,1,3-5H3. The van der Waals surface area contributed by atoms with Crippen LogP contribution in [0, 0.1) is 0 Å². The van der Waals surface area contributed by atoms with Gasteiger partial charge in [-0.05, 0) is 44.0 Å². The SMILES string of the molecule is C=C(C)CN(C)Cc1ccc(C(C)CNCCC)cc1. The molecule has 112 valence electrons. The van der Waals surface area contributed by atoms with Crippen LogP contribution in [0.25, 0.3) is 0 Å². The van der Waals surface area contributed by atoms with Gasteiger partial charge in [-0.25, -0.2) is 0 Å². The molecule has 0 heterocycles. The lowest BCUT2D eigenvalue weighted by atomic mass is 9.99. The summed E-state index contributed by atoms with van der Waals surface area (Å²) >= 11 is 0. The molecule has 0 saturated heterocycles. The highest BCUT2D eigenvalue weighted by molar-refractivity contribution is 5.25. The molecular weight excluding hydrogens is 244 g/mol. The molecule has 0 radical (unpaired) electrons. The van der Waals surface area contributed by atoms with Crippen molar-refractivity contribution in [1.29, 1.82) is 0 Å². The van der Waals surface area contributed by atoms with E-state index in [1.54, 1.807) is 0 Å². The molecule has 1 aromatic rings. The van der Waals surface area contributed by atoms with Crippen LogP contribution < -0.4 is 5.32 Å². The molecule has 0 aliphatic carbocycles. The van der Waals surface area contributed by atoms with E-state index in [9.17, 15) is 0 Å². The zero-order valence-electron chi connectivity index (χ0n) is 13.6. The molecule has 2 nitrogen and oxygen atoms in total. The minimum absolute atomic E-state index is 0.573. The highest BCUT2D eigenvalue weighted by Gasteiger charge is 2.06. The number of nitrogens with zero attached hydrogens (tertiary/aromatic N) is 1. The summed E-state index contributed by atoms with van der Waals surface area (Å²) in [6, 6.07) is 9.03. The van der Waals surface area contributed by atoms with E-state index in [1.165, 1.54) is 23.1 Å². The van der Waals surface area contributed by atoms with E-state index < -0.39 is 0 Å². The van der Waals surface area contributed by atoms with Crippen molar-refractivity contribution in [3.8, 4) is 0 Å². The molecule has 1 rings (SSSR count). The van der Waals surface area contributed by atoms with Crippen LogP contribution >= 0.6 is 0 Å². The molecule has 20 heavy (non-hydrogen) atoms. The third-order valence-corrected chi connectivity index (χ3v) is 3.42. The highest BCUT2D eigenvalue weighted by Crippen LogP contribution is 2.16. The van der Waals surface area contributed by atoms with Gasteiger partial charge in [0.2, 0.25) is 0 Å². The topological polar surface area (TPSA) is 15.3 Å². The average Bonchev–Trinajstić information content (AvgIpc) is 2.38. The second-order valence-electron chi connectivity index (χ2n) is 5.98. The van der Waals surface area contributed by atoms with Crippen molar-refractivity contribution < 1.29 is 0 Å². The first kappa shape index (κ1) is 16.9. The smallest absolute Gasteiger partial charge is 0.0234 e. The largest absolute Gasteiger partial charge is 0.316 e. The van der Waals surface area contributed by atoms with E-state index in [0.29, 0.717) is 5.92 Å². The first-order chi connectivity index (χ1) is 9.52. The summed E-state index contributed by atoms with van der Waals surface area (Å²) in [5.41, 5.74) is 3.99. The maximum absolute atomic E-state index is 3.96. The molecule has 0 fully saturated rings. The molecule has 0 saturated carbocycles. The zero-order chi connectivity index (χ0) is 15.0. The fraction of sp³-hybridized carbons (Fsp3) is 0.556. The van der Waals surface area contributed by atoms with E-state index in [2.05, 4.69) is 68.9 Å². The number of benzene rings is 1. The van der Waals surface area contributed by atoms with Gasteiger partial charge in [0.05, 0.1) is 0 Å². The maximum atomic E-state index is 3.96. The summed E-state index contributed by atoms with van der Waals surface area (Å²) in [7, 11) is 2.14. The van der Waals surface area contributed by atoms with Crippen LogP contribution in [0.5, 0.6) is 0 Å². The minimum Gasteiger partial charge on any atom is -0.316 e. The molecule has 0 bridgehead atoms. The Hall–Kier alpha value is -1.12. The van der Waals surface area contributed by atoms with Gasteiger partial charge in [-0.1, -0.05) is 50.3 Å². The number of hydrogen-bond acceptors (Lipinski definition) is 2. The Morgan fingerprint density at radius 1 is 1.30 bits per heavy atom. The lowest BCUT2D eigenvalue weighted by Crippen LogP contribution is -2.21. The Kier molecular flexibility index (Phi) is 7.56. The molecule has 0 amide bonds. The first-order valence-corrected chi connectivity index (χ1v) is 7.65. The minimum atomic E-state index is 0.573. The average molecular weight is 274 g/mol. The zero-order valence-corrected chi connectivity index (χ0v) is 13.6. The van der Waals surface area contributed by atoms with Crippen molar-refractivity contribution in [1.82, 2.24) is 10.2 Å². The van der Waals surface area contributed by atoms with E-state index in [4.69, 9.17) is 0 Å². The number of rotatable bonds is 9. The van der Waals surface area contributed by atoms with Gasteiger partial charge in [-0.15, -0.1) is 0 Å². The van der Waals surface area contributed by atoms with Crippen molar-refractivity contribution in [3.05, 3.63) is 47.5 Å². The van der Waals surface area contributed by atoms with Gasteiger partial charge >= 0.3 is 0 Å². The summed E-state index contributed by atoms with van der Waals surface area (Å²) < 4.78 is 0. The van der Waals surface area contributed by atoms with Crippen molar-refractivity contribution in [2.24, 2.45) is 0 Å². The van der Waals surface area contributed by atoms with Gasteiger partial charge < -0.3 is 5.32 Å². The monoisotopic (exact) mass is 274 g/mol. The quantitative estimate of drug-likeness (QED) is 0.544. The third kappa shape index (κ3) is 6.36. The molecule has 1 atom stereocenters. The van der Waals surface area contributed by atoms with Crippen LogP contribution in [-0.2, 0) is 6.54 Å². The predicted molar refractivity (Wildman–Crippen MR) is 89.2 cm³/mol. The maximum Gasteiger partial charge on any atom is 0.0234 e. The summed E-state index contributed by atoms with van der Waals surface area (Å²) in [5, 5.41) is 3.48. The third-order valence-electron chi connectivity index (χ3n) is 3.42. The fourth-order valence-electron chi connectivity index (χ4n) is 2.39. The molecule has 2 heteroatoms. The van der Waals surface area contributed by atoms with E-state index in [-0.39, 0.29) is 0 Å². The summed E-state index contributed by atoms with van der Waals surface area (Å²) in [5.74, 6) is 0.573. The molecule has 0 aromatic heterocycles. The number of nitrogens with one attached hydrogen (secondary N) is 1. The Labute approximate surface area is 124 Å². The van der Waals surface area contributed by atoms with E-state index in [0.717, 1.165) is 26.2 Å². The van der Waals surface area contributed by atoms with Crippen LogP contribution in [0.3, 0.4) is 0 Å². The van der Waals surface area contributed by atoms with Crippen molar-refractivity contribution in [3.63, 3.8) is 0 Å². The van der Waals surface area contributed by atoms with E-state index >= 15 is 0 Å². The Balaban J connectivity index is 2.48. The lowest BCUT2D eigenvalue weighted by molar-refractivity contribution is 0.355. The van der Waals surface area contributed by atoms with Gasteiger partial charge in [0.25, 0.3) is 0 Å². The fourth-order valence-corrected chi connectivity index (χ4v) is 2.39. The molecule has 0 aliphatic heterocycles. The highest BCUT2D eigenvalue weighted by atomic mass is 15.1. The molecular formula is C18H30N2. The van der Waals surface area contributed by atoms with Crippen LogP contribution in [-0.4, -0.2) is 31.6 Å². The Morgan fingerprint density at radius 2 is 1.95 bits per heavy atom. The second kappa shape index (κ2) is 8.93. The number of likely N-dealkylation sites (N-methyl/N-ethyl adjacent to an activating group) is 1.